The summed E-state index contributed by atoms with van der Waals surface area (Å²) >= 11 is 13.8. The van der Waals surface area contributed by atoms with Crippen molar-refractivity contribution in [1.29, 1.82) is 0 Å². The minimum Gasteiger partial charge on any atom is -0.396 e. The van der Waals surface area contributed by atoms with Crippen molar-refractivity contribution < 1.29 is 17.6 Å². The molecule has 0 bridgehead atoms. The van der Waals surface area contributed by atoms with Gasteiger partial charge in [0.1, 0.15) is 33.6 Å². The van der Waals surface area contributed by atoms with Gasteiger partial charge in [-0.25, -0.2) is 26.9 Å². The lowest BCUT2D eigenvalue weighted by Crippen LogP contribution is -2.27. The second-order valence-corrected chi connectivity index (χ2v) is 12.9. The largest absolute Gasteiger partial charge is 0.396 e. The van der Waals surface area contributed by atoms with Gasteiger partial charge in [0.2, 0.25) is 0 Å². The van der Waals surface area contributed by atoms with Gasteiger partial charge in [-0.2, -0.15) is 0 Å². The second-order valence-electron chi connectivity index (χ2n) is 10.8. The lowest BCUT2D eigenvalue weighted by atomic mass is 10.1. The average molecular weight is 704 g/mol. The number of nitrogens with zero attached hydrogens (tertiary/aromatic N) is 4. The van der Waals surface area contributed by atoms with Crippen LogP contribution in [0.3, 0.4) is 0 Å². The zero-order valence-corrected chi connectivity index (χ0v) is 28.2. The van der Waals surface area contributed by atoms with Crippen LogP contribution in [0.15, 0.2) is 33.9 Å². The summed E-state index contributed by atoms with van der Waals surface area (Å²) in [6.45, 7) is 10.2. The first-order valence-electron chi connectivity index (χ1n) is 15.0. The molecule has 2 aliphatic heterocycles. The van der Waals surface area contributed by atoms with Gasteiger partial charge < -0.3 is 10.5 Å². The van der Waals surface area contributed by atoms with Gasteiger partial charge in [0.05, 0.1) is 22.5 Å². The summed E-state index contributed by atoms with van der Waals surface area (Å²) in [7, 11) is 0. The normalized spacial score (nSPS) is 13.7. The summed E-state index contributed by atoms with van der Waals surface area (Å²) in [5, 5.41) is 0.584. The number of halogens is 6. The quantitative estimate of drug-likeness (QED) is 0.124. The second kappa shape index (κ2) is 15.1. The monoisotopic (exact) mass is 702 g/mol. The number of nitrogens with two attached hydrogens (primary N) is 1. The van der Waals surface area contributed by atoms with Crippen LogP contribution in [0.5, 0.6) is 0 Å². The van der Waals surface area contributed by atoms with Crippen LogP contribution in [0.1, 0.15) is 53.4 Å². The van der Waals surface area contributed by atoms with E-state index in [1.807, 2.05) is 27.7 Å². The standard InChI is InChI=1S/C16H18ClF2N3OS.C13H12ClF2N3O.C2H6/c1-9(2)24-20-13-7-10(11(18)8-12(13)19)14-15(17)21-5-3-4-6-22(21)16(14)23;14-12-11(7-5-10(17)9(16)6-8(7)15)13(20)19-4-2-1-3-18(12)19;1-2/h7-9,20H,3-6H2,1-2H3;5-6H,1-4,17H2;1-2H3. The van der Waals surface area contributed by atoms with Crippen LogP contribution in [0.2, 0.25) is 10.3 Å². The Morgan fingerprint density at radius 2 is 1.11 bits per heavy atom. The number of hydrogen-bond donors (Lipinski definition) is 2. The van der Waals surface area contributed by atoms with E-state index in [1.165, 1.54) is 27.4 Å². The number of nitrogen functional groups attached to an aromatic ring is 1. The van der Waals surface area contributed by atoms with Crippen LogP contribution in [-0.2, 0) is 26.2 Å². The molecule has 0 radical (unpaired) electrons. The molecule has 6 rings (SSSR count). The third-order valence-electron chi connectivity index (χ3n) is 7.41. The van der Waals surface area contributed by atoms with Gasteiger partial charge in [-0.3, -0.25) is 19.0 Å². The molecule has 0 saturated heterocycles. The van der Waals surface area contributed by atoms with Crippen molar-refractivity contribution >= 4 is 46.5 Å². The van der Waals surface area contributed by atoms with Gasteiger partial charge in [0.25, 0.3) is 11.1 Å². The number of nitrogens with one attached hydrogen (secondary N) is 1. The molecule has 0 spiro atoms. The molecular weight excluding hydrogens is 667 g/mol. The summed E-state index contributed by atoms with van der Waals surface area (Å²) in [6, 6.07) is 3.88. The Morgan fingerprint density at radius 1 is 0.696 bits per heavy atom. The Kier molecular flexibility index (Phi) is 11.7. The smallest absolute Gasteiger partial charge is 0.276 e. The zero-order valence-electron chi connectivity index (χ0n) is 25.9. The van der Waals surface area contributed by atoms with Crippen LogP contribution in [0.25, 0.3) is 22.3 Å². The molecule has 0 atom stereocenters. The molecule has 0 aliphatic carbocycles. The molecule has 8 nitrogen and oxygen atoms in total. The molecule has 250 valence electrons. The van der Waals surface area contributed by atoms with Crippen molar-refractivity contribution in [2.45, 2.75) is 84.8 Å². The minimum absolute atomic E-state index is 0.0210. The Hall–Kier alpha value is -3.29. The summed E-state index contributed by atoms with van der Waals surface area (Å²) in [5.41, 5.74) is 4.74. The van der Waals surface area contributed by atoms with Gasteiger partial charge >= 0.3 is 0 Å². The summed E-state index contributed by atoms with van der Waals surface area (Å²) in [4.78, 5) is 25.0. The molecular formula is C31H36Cl2F4N6O2S. The number of fused-ring (bicyclic) bond motifs is 2. The molecule has 2 aliphatic rings. The molecule has 4 heterocycles. The highest BCUT2D eigenvalue weighted by molar-refractivity contribution is 8.01. The van der Waals surface area contributed by atoms with Crippen LogP contribution in [0, 0.1) is 23.3 Å². The Bertz CT molecular complexity index is 1850. The van der Waals surface area contributed by atoms with Gasteiger partial charge in [-0.05, 0) is 49.8 Å². The van der Waals surface area contributed by atoms with Crippen molar-refractivity contribution in [3.05, 3.63) is 78.5 Å². The van der Waals surface area contributed by atoms with E-state index in [0.717, 1.165) is 37.8 Å². The lowest BCUT2D eigenvalue weighted by molar-refractivity contribution is 0.356. The van der Waals surface area contributed by atoms with Crippen LogP contribution < -0.4 is 21.6 Å². The van der Waals surface area contributed by atoms with Gasteiger partial charge in [0, 0.05) is 54.7 Å². The maximum Gasteiger partial charge on any atom is 0.276 e. The van der Waals surface area contributed by atoms with E-state index in [9.17, 15) is 27.2 Å². The van der Waals surface area contributed by atoms with Gasteiger partial charge in [-0.15, -0.1) is 0 Å². The minimum atomic E-state index is -0.855. The molecule has 0 amide bonds. The summed E-state index contributed by atoms with van der Waals surface area (Å²) in [6.07, 6.45) is 3.56. The van der Waals surface area contributed by atoms with Crippen molar-refractivity contribution in [3.8, 4) is 22.3 Å². The average Bonchev–Trinajstić information content (AvgIpc) is 3.44. The Labute approximate surface area is 278 Å². The fraction of sp³-hybridized carbons (Fsp3) is 0.419. The van der Waals surface area contributed by atoms with Crippen molar-refractivity contribution in [1.82, 2.24) is 18.7 Å². The Balaban J connectivity index is 0.000000201. The molecule has 0 unspecified atom stereocenters. The first-order valence-corrected chi connectivity index (χ1v) is 16.7. The van der Waals surface area contributed by atoms with E-state index in [1.54, 1.807) is 9.36 Å². The zero-order chi connectivity index (χ0) is 33.9. The van der Waals surface area contributed by atoms with E-state index in [4.69, 9.17) is 28.9 Å². The third-order valence-corrected chi connectivity index (χ3v) is 8.99. The third kappa shape index (κ3) is 7.01. The molecule has 15 heteroatoms. The van der Waals surface area contributed by atoms with Crippen molar-refractivity contribution in [2.75, 3.05) is 10.5 Å². The van der Waals surface area contributed by atoms with Gasteiger partial charge in [0.15, 0.2) is 0 Å². The predicted octanol–water partition coefficient (Wildman–Crippen LogP) is 8.16. The number of anilines is 2. The lowest BCUT2D eigenvalue weighted by Gasteiger charge is -2.17. The topological polar surface area (TPSA) is 91.9 Å². The summed E-state index contributed by atoms with van der Waals surface area (Å²) < 4.78 is 64.7. The fourth-order valence-electron chi connectivity index (χ4n) is 5.26. The number of aromatic nitrogens is 4. The first-order chi connectivity index (χ1) is 21.9. The van der Waals surface area contributed by atoms with Crippen LogP contribution in [0.4, 0.5) is 28.9 Å². The van der Waals surface area contributed by atoms with Gasteiger partial charge in [-0.1, -0.05) is 50.9 Å². The van der Waals surface area contributed by atoms with E-state index in [2.05, 4.69) is 4.72 Å². The molecule has 46 heavy (non-hydrogen) atoms. The highest BCUT2D eigenvalue weighted by atomic mass is 35.5. The highest BCUT2D eigenvalue weighted by Crippen LogP contribution is 2.34. The maximum absolute atomic E-state index is 14.3. The maximum atomic E-state index is 14.3. The SMILES string of the molecule is CC.CC(C)SNc1cc(-c2c(Cl)n3n(c2=O)CCCC3)c(F)cc1F.Nc1cc(-c2c(Cl)n3n(c2=O)CCCC3)c(F)cc1F. The summed E-state index contributed by atoms with van der Waals surface area (Å²) in [5.74, 6) is -3.20. The van der Waals surface area contributed by atoms with Crippen LogP contribution in [-0.4, -0.2) is 24.0 Å². The molecule has 4 aromatic rings. The molecule has 2 aromatic heterocycles. The number of rotatable bonds is 5. The molecule has 0 fully saturated rings. The first kappa shape index (κ1) is 35.6. The van der Waals surface area contributed by atoms with E-state index >= 15 is 0 Å². The van der Waals surface area contributed by atoms with E-state index in [-0.39, 0.29) is 60.3 Å². The number of benzene rings is 2. The van der Waals surface area contributed by atoms with E-state index < -0.39 is 23.3 Å². The molecule has 2 aromatic carbocycles. The predicted molar refractivity (Wildman–Crippen MR) is 179 cm³/mol. The van der Waals surface area contributed by atoms with Crippen molar-refractivity contribution in [3.63, 3.8) is 0 Å². The molecule has 0 saturated carbocycles. The number of hydrogen-bond acceptors (Lipinski definition) is 5. The molecule has 3 N–H and O–H groups in total. The van der Waals surface area contributed by atoms with Crippen molar-refractivity contribution in [2.24, 2.45) is 0 Å². The Morgan fingerprint density at radius 3 is 1.54 bits per heavy atom. The fourth-order valence-corrected chi connectivity index (χ4v) is 6.50. The van der Waals surface area contributed by atoms with E-state index in [0.29, 0.717) is 32.2 Å². The highest BCUT2D eigenvalue weighted by Gasteiger charge is 2.26. The van der Waals surface area contributed by atoms with Crippen LogP contribution >= 0.6 is 35.1 Å².